The van der Waals surface area contributed by atoms with Crippen molar-refractivity contribution in [1.82, 2.24) is 0 Å². The number of fused-ring (bicyclic) bond motifs is 5. The number of Topliss-reactive ketones (excluding diaryl/α,β-unsaturated/α-hetero) is 1. The van der Waals surface area contributed by atoms with Crippen LogP contribution in [-0.2, 0) is 14.3 Å². The van der Waals surface area contributed by atoms with Gasteiger partial charge < -0.3 is 18.9 Å². The molecular formula is C23H22O6. The first-order valence-electron chi connectivity index (χ1n) is 9.78. The molecule has 29 heavy (non-hydrogen) atoms. The van der Waals surface area contributed by atoms with E-state index in [0.29, 0.717) is 17.1 Å². The van der Waals surface area contributed by atoms with Gasteiger partial charge in [-0.05, 0) is 31.5 Å². The Balaban J connectivity index is 1.60. The molecule has 0 radical (unpaired) electrons. The Kier molecular flexibility index (Phi) is 3.96. The summed E-state index contributed by atoms with van der Waals surface area (Å²) in [7, 11) is 0. The fourth-order valence-electron chi connectivity index (χ4n) is 4.58. The molecule has 4 atom stereocenters. The van der Waals surface area contributed by atoms with E-state index in [2.05, 4.69) is 0 Å². The van der Waals surface area contributed by atoms with Gasteiger partial charge in [-0.1, -0.05) is 30.3 Å². The van der Waals surface area contributed by atoms with Crippen LogP contribution in [-0.4, -0.2) is 29.7 Å². The summed E-state index contributed by atoms with van der Waals surface area (Å²) in [5.41, 5.74) is 1.50. The van der Waals surface area contributed by atoms with E-state index in [0.717, 1.165) is 11.1 Å². The molecule has 6 heteroatoms. The van der Waals surface area contributed by atoms with E-state index in [1.165, 1.54) is 6.92 Å². The van der Waals surface area contributed by atoms with Gasteiger partial charge in [-0.15, -0.1) is 0 Å². The average molecular weight is 394 g/mol. The van der Waals surface area contributed by atoms with Gasteiger partial charge in [0.05, 0.1) is 23.5 Å². The number of hydrogen-bond acceptors (Lipinski definition) is 6. The lowest BCUT2D eigenvalue weighted by Crippen LogP contribution is -2.38. The van der Waals surface area contributed by atoms with Gasteiger partial charge in [0.1, 0.15) is 29.3 Å². The number of esters is 1. The highest BCUT2D eigenvalue weighted by Gasteiger charge is 2.59. The van der Waals surface area contributed by atoms with E-state index >= 15 is 0 Å². The van der Waals surface area contributed by atoms with E-state index in [1.807, 2.05) is 44.2 Å². The first-order chi connectivity index (χ1) is 13.8. The molecule has 0 amide bonds. The number of ether oxygens (including phenoxy) is 4. The zero-order valence-corrected chi connectivity index (χ0v) is 16.5. The van der Waals surface area contributed by atoms with Gasteiger partial charge in [0, 0.05) is 6.92 Å². The Bertz CT molecular complexity index is 996. The molecule has 6 nitrogen and oxygen atoms in total. The summed E-state index contributed by atoms with van der Waals surface area (Å²) in [6, 6.07) is 13.2. The largest absolute Gasteiger partial charge is 0.484 e. The predicted octanol–water partition coefficient (Wildman–Crippen LogP) is 3.94. The molecule has 0 spiro atoms. The molecule has 3 heterocycles. The van der Waals surface area contributed by atoms with Crippen molar-refractivity contribution in [2.45, 2.75) is 57.2 Å². The monoisotopic (exact) mass is 394 g/mol. The topological polar surface area (TPSA) is 71.1 Å². The van der Waals surface area contributed by atoms with Crippen LogP contribution in [0.1, 0.15) is 60.7 Å². The zero-order chi connectivity index (χ0) is 20.3. The lowest BCUT2D eigenvalue weighted by Gasteiger charge is -2.31. The number of benzene rings is 2. The van der Waals surface area contributed by atoms with Crippen molar-refractivity contribution in [1.29, 1.82) is 0 Å². The molecule has 0 saturated carbocycles. The summed E-state index contributed by atoms with van der Waals surface area (Å²) in [5.74, 6) is 0.394. The fraction of sp³-hybridized carbons (Fsp3) is 0.391. The van der Waals surface area contributed by atoms with Gasteiger partial charge in [-0.3, -0.25) is 9.59 Å². The minimum atomic E-state index is -0.723. The van der Waals surface area contributed by atoms with Crippen molar-refractivity contribution < 1.29 is 28.5 Å². The predicted molar refractivity (Wildman–Crippen MR) is 103 cm³/mol. The first-order valence-corrected chi connectivity index (χ1v) is 9.78. The van der Waals surface area contributed by atoms with Gasteiger partial charge in [0.25, 0.3) is 0 Å². The molecule has 3 aliphatic heterocycles. The van der Waals surface area contributed by atoms with Gasteiger partial charge in [0.15, 0.2) is 5.78 Å². The molecule has 0 aliphatic carbocycles. The van der Waals surface area contributed by atoms with Crippen LogP contribution < -0.4 is 9.47 Å². The Morgan fingerprint density at radius 2 is 1.86 bits per heavy atom. The number of rotatable bonds is 2. The SMILES string of the molecule is CC(=O)OC1C2c3c(ccc4c3OC(c3ccccc3)CC4=O)OC2OC1(C)C. The van der Waals surface area contributed by atoms with Crippen molar-refractivity contribution in [3.05, 3.63) is 59.2 Å². The van der Waals surface area contributed by atoms with E-state index in [-0.39, 0.29) is 30.2 Å². The molecule has 150 valence electrons. The lowest BCUT2D eigenvalue weighted by atomic mass is 9.85. The second kappa shape index (κ2) is 6.32. The lowest BCUT2D eigenvalue weighted by molar-refractivity contribution is -0.159. The molecule has 5 rings (SSSR count). The second-order valence-corrected chi connectivity index (χ2v) is 8.26. The maximum absolute atomic E-state index is 12.9. The quantitative estimate of drug-likeness (QED) is 0.719. The van der Waals surface area contributed by atoms with E-state index < -0.39 is 18.0 Å². The second-order valence-electron chi connectivity index (χ2n) is 8.26. The summed E-state index contributed by atoms with van der Waals surface area (Å²) in [5, 5.41) is 0. The third-order valence-corrected chi connectivity index (χ3v) is 5.85. The molecule has 3 aliphatic rings. The number of carbonyl (C=O) groups is 2. The summed E-state index contributed by atoms with van der Waals surface area (Å²) in [6.45, 7) is 5.12. The number of hydrogen-bond donors (Lipinski definition) is 0. The Morgan fingerprint density at radius 3 is 2.59 bits per heavy atom. The van der Waals surface area contributed by atoms with Crippen LogP contribution in [0.3, 0.4) is 0 Å². The Hall–Kier alpha value is -2.86. The third kappa shape index (κ3) is 2.82. The van der Waals surface area contributed by atoms with Crippen molar-refractivity contribution in [3.8, 4) is 11.5 Å². The van der Waals surface area contributed by atoms with Crippen LogP contribution in [0, 0.1) is 0 Å². The zero-order valence-electron chi connectivity index (χ0n) is 16.5. The maximum Gasteiger partial charge on any atom is 0.303 e. The van der Waals surface area contributed by atoms with Crippen molar-refractivity contribution in [2.24, 2.45) is 0 Å². The van der Waals surface area contributed by atoms with Crippen LogP contribution in [0.2, 0.25) is 0 Å². The van der Waals surface area contributed by atoms with E-state index in [9.17, 15) is 9.59 Å². The molecule has 1 fully saturated rings. The summed E-state index contributed by atoms with van der Waals surface area (Å²) in [4.78, 5) is 24.7. The van der Waals surface area contributed by atoms with Crippen molar-refractivity contribution in [3.63, 3.8) is 0 Å². The number of carbonyl (C=O) groups excluding carboxylic acids is 2. The highest BCUT2D eigenvalue weighted by molar-refractivity contribution is 6.01. The highest BCUT2D eigenvalue weighted by Crippen LogP contribution is 2.56. The maximum atomic E-state index is 12.9. The smallest absolute Gasteiger partial charge is 0.303 e. The summed E-state index contributed by atoms with van der Waals surface area (Å²) < 4.78 is 24.1. The van der Waals surface area contributed by atoms with Crippen molar-refractivity contribution in [2.75, 3.05) is 0 Å². The van der Waals surface area contributed by atoms with Gasteiger partial charge in [-0.2, -0.15) is 0 Å². The fourth-order valence-corrected chi connectivity index (χ4v) is 4.58. The van der Waals surface area contributed by atoms with E-state index in [4.69, 9.17) is 18.9 Å². The summed E-state index contributed by atoms with van der Waals surface area (Å²) >= 11 is 0. The standard InChI is InChI=1S/C23H22O6/c1-12(24)26-21-19-18-16(28-22(19)29-23(21,2)3)10-9-14-15(25)11-17(27-20(14)18)13-7-5-4-6-8-13/h4-10,17,19,21-22H,11H2,1-3H3. The first kappa shape index (κ1) is 18.2. The van der Waals surface area contributed by atoms with Crippen LogP contribution in [0.25, 0.3) is 0 Å². The van der Waals surface area contributed by atoms with Gasteiger partial charge >= 0.3 is 5.97 Å². The van der Waals surface area contributed by atoms with Crippen LogP contribution in [0.15, 0.2) is 42.5 Å². The third-order valence-electron chi connectivity index (χ3n) is 5.85. The van der Waals surface area contributed by atoms with Crippen LogP contribution >= 0.6 is 0 Å². The Labute approximate surface area is 168 Å². The molecule has 4 unspecified atom stereocenters. The van der Waals surface area contributed by atoms with Gasteiger partial charge in [0.2, 0.25) is 6.29 Å². The molecule has 0 aromatic heterocycles. The molecule has 0 bridgehead atoms. The van der Waals surface area contributed by atoms with Crippen molar-refractivity contribution >= 4 is 11.8 Å². The summed E-state index contributed by atoms with van der Waals surface area (Å²) in [6.07, 6.45) is -1.23. The molecule has 1 saturated heterocycles. The Morgan fingerprint density at radius 1 is 1.10 bits per heavy atom. The minimum Gasteiger partial charge on any atom is -0.484 e. The highest BCUT2D eigenvalue weighted by atomic mass is 16.7. The molecule has 2 aromatic carbocycles. The molecule has 2 aromatic rings. The molecular weight excluding hydrogens is 372 g/mol. The number of ketones is 1. The van der Waals surface area contributed by atoms with Crippen LogP contribution in [0.4, 0.5) is 0 Å². The van der Waals surface area contributed by atoms with Gasteiger partial charge in [-0.25, -0.2) is 0 Å². The minimum absolute atomic E-state index is 0.0218. The molecule has 0 N–H and O–H groups in total. The van der Waals surface area contributed by atoms with E-state index in [1.54, 1.807) is 12.1 Å². The normalized spacial score (nSPS) is 28.6. The average Bonchev–Trinajstić information content (AvgIpc) is 3.14. The van der Waals surface area contributed by atoms with Crippen LogP contribution in [0.5, 0.6) is 11.5 Å².